The predicted molar refractivity (Wildman–Crippen MR) is 59.8 cm³/mol. The Morgan fingerprint density at radius 3 is 2.76 bits per heavy atom. The van der Waals surface area contributed by atoms with Gasteiger partial charge in [-0.05, 0) is 24.3 Å². The fourth-order valence-electron chi connectivity index (χ4n) is 1.23. The van der Waals surface area contributed by atoms with E-state index >= 15 is 0 Å². The summed E-state index contributed by atoms with van der Waals surface area (Å²) in [7, 11) is 0. The minimum absolute atomic E-state index is 0.00267. The van der Waals surface area contributed by atoms with E-state index in [0.717, 1.165) is 0 Å². The van der Waals surface area contributed by atoms with Crippen LogP contribution in [0.25, 0.3) is 0 Å². The van der Waals surface area contributed by atoms with Crippen LogP contribution in [-0.4, -0.2) is 16.1 Å². The normalized spacial score (nSPS) is 10.2. The second-order valence-corrected chi connectivity index (χ2v) is 4.11. The number of hydrogen-bond donors (Lipinski definition) is 1. The maximum Gasteiger partial charge on any atom is 0.355 e. The van der Waals surface area contributed by atoms with Gasteiger partial charge in [0.15, 0.2) is 5.69 Å². The molecule has 0 aliphatic rings. The van der Waals surface area contributed by atoms with Crippen LogP contribution in [0.5, 0.6) is 5.75 Å². The summed E-state index contributed by atoms with van der Waals surface area (Å²) in [6.45, 7) is 0.109. The third kappa shape index (κ3) is 2.79. The van der Waals surface area contributed by atoms with Crippen molar-refractivity contribution in [2.24, 2.45) is 0 Å². The second-order valence-electron chi connectivity index (χ2n) is 3.17. The van der Waals surface area contributed by atoms with Gasteiger partial charge in [0, 0.05) is 0 Å². The van der Waals surface area contributed by atoms with Gasteiger partial charge in [-0.15, -0.1) is 11.3 Å². The fraction of sp³-hybridized carbons (Fsp3) is 0.0909. The molecule has 1 N–H and O–H groups in total. The van der Waals surface area contributed by atoms with Gasteiger partial charge < -0.3 is 9.84 Å². The van der Waals surface area contributed by atoms with Gasteiger partial charge in [-0.2, -0.15) is 0 Å². The number of carboxylic acids is 1. The first-order valence-electron chi connectivity index (χ1n) is 4.71. The predicted octanol–water partition coefficient (Wildman–Crippen LogP) is 2.56. The van der Waals surface area contributed by atoms with Crippen LogP contribution in [0.4, 0.5) is 4.39 Å². The molecule has 0 saturated heterocycles. The Bertz CT molecular complexity index is 524. The Hall–Kier alpha value is -1.95. The second kappa shape index (κ2) is 4.92. The maximum absolute atomic E-state index is 12.6. The van der Waals surface area contributed by atoms with E-state index in [1.165, 1.54) is 41.1 Å². The summed E-state index contributed by atoms with van der Waals surface area (Å²) in [5, 5.41) is 8.83. The third-order valence-electron chi connectivity index (χ3n) is 2.03. The number of thiazole rings is 1. The van der Waals surface area contributed by atoms with Crippen molar-refractivity contribution in [1.82, 2.24) is 4.98 Å². The number of carbonyl (C=O) groups is 1. The average Bonchev–Trinajstić information content (AvgIpc) is 2.76. The molecule has 0 spiro atoms. The van der Waals surface area contributed by atoms with Gasteiger partial charge in [-0.25, -0.2) is 14.2 Å². The average molecular weight is 253 g/mol. The van der Waals surface area contributed by atoms with Gasteiger partial charge in [-0.1, -0.05) is 0 Å². The summed E-state index contributed by atoms with van der Waals surface area (Å²) in [6.07, 6.45) is 0. The molecule has 4 nitrogen and oxygen atoms in total. The summed E-state index contributed by atoms with van der Waals surface area (Å²) in [4.78, 5) is 15.0. The third-order valence-corrected chi connectivity index (χ3v) is 2.83. The van der Waals surface area contributed by atoms with Crippen molar-refractivity contribution in [2.45, 2.75) is 6.61 Å². The van der Waals surface area contributed by atoms with Gasteiger partial charge in [-0.3, -0.25) is 0 Å². The molecule has 2 aromatic rings. The van der Waals surface area contributed by atoms with Crippen LogP contribution in [0, 0.1) is 5.82 Å². The lowest BCUT2D eigenvalue weighted by molar-refractivity contribution is 0.0688. The molecule has 1 aromatic heterocycles. The van der Waals surface area contributed by atoms with Gasteiger partial charge in [0.25, 0.3) is 0 Å². The molecule has 6 heteroatoms. The van der Waals surface area contributed by atoms with Gasteiger partial charge in [0.2, 0.25) is 0 Å². The molecule has 0 radical (unpaired) electrons. The Labute approximate surface area is 100 Å². The smallest absolute Gasteiger partial charge is 0.355 e. The molecule has 1 aromatic carbocycles. The molecule has 0 saturated carbocycles. The lowest BCUT2D eigenvalue weighted by atomic mass is 10.3. The van der Waals surface area contributed by atoms with Crippen molar-refractivity contribution in [2.75, 3.05) is 0 Å². The zero-order chi connectivity index (χ0) is 12.3. The van der Waals surface area contributed by atoms with Crippen LogP contribution in [-0.2, 0) is 6.61 Å². The van der Waals surface area contributed by atoms with Gasteiger partial charge in [0.1, 0.15) is 18.2 Å². The number of hydrogen-bond acceptors (Lipinski definition) is 4. The van der Waals surface area contributed by atoms with Crippen molar-refractivity contribution in [3.63, 3.8) is 0 Å². The van der Waals surface area contributed by atoms with E-state index < -0.39 is 5.97 Å². The molecular formula is C11H8FNO3S. The lowest BCUT2D eigenvalue weighted by Crippen LogP contribution is -2.03. The molecule has 0 aliphatic heterocycles. The van der Waals surface area contributed by atoms with E-state index in [2.05, 4.69) is 4.98 Å². The first-order valence-corrected chi connectivity index (χ1v) is 5.59. The Kier molecular flexibility index (Phi) is 3.34. The molecule has 0 bridgehead atoms. The number of nitrogens with zero attached hydrogens (tertiary/aromatic N) is 1. The number of ether oxygens (including phenoxy) is 1. The molecule has 0 aliphatic carbocycles. The molecule has 1 heterocycles. The molecule has 0 atom stereocenters. The van der Waals surface area contributed by atoms with Crippen LogP contribution in [0.15, 0.2) is 29.8 Å². The van der Waals surface area contributed by atoms with Crippen LogP contribution < -0.4 is 4.74 Å². The molecule has 88 valence electrons. The molecule has 0 unspecified atom stereocenters. The first kappa shape index (κ1) is 11.5. The first-order chi connectivity index (χ1) is 8.16. The van der Waals surface area contributed by atoms with E-state index in [9.17, 15) is 9.18 Å². The lowest BCUT2D eigenvalue weighted by Gasteiger charge is -2.04. The highest BCUT2D eigenvalue weighted by atomic mass is 32.1. The number of benzene rings is 1. The van der Waals surface area contributed by atoms with Crippen molar-refractivity contribution in [3.8, 4) is 5.75 Å². The largest absolute Gasteiger partial charge is 0.488 e. The summed E-state index contributed by atoms with van der Waals surface area (Å²) in [5.74, 6) is -0.943. The number of rotatable bonds is 4. The highest BCUT2D eigenvalue weighted by molar-refractivity contribution is 7.09. The van der Waals surface area contributed by atoms with E-state index in [1.54, 1.807) is 0 Å². The summed E-state index contributed by atoms with van der Waals surface area (Å²) in [5.41, 5.74) is 1.45. The van der Waals surface area contributed by atoms with E-state index in [-0.39, 0.29) is 18.1 Å². The number of aromatic nitrogens is 1. The zero-order valence-corrected chi connectivity index (χ0v) is 9.41. The minimum Gasteiger partial charge on any atom is -0.488 e. The number of carboxylic acid groups (broad SMARTS) is 1. The monoisotopic (exact) mass is 253 g/mol. The Morgan fingerprint density at radius 2 is 2.12 bits per heavy atom. The molecule has 0 amide bonds. The fourth-order valence-corrected chi connectivity index (χ4v) is 1.89. The summed E-state index contributed by atoms with van der Waals surface area (Å²) < 4.78 is 18.0. The quantitative estimate of drug-likeness (QED) is 0.909. The maximum atomic E-state index is 12.6. The van der Waals surface area contributed by atoms with Crippen LogP contribution in [0.3, 0.4) is 0 Å². The Balaban J connectivity index is 2.05. The van der Waals surface area contributed by atoms with Crippen LogP contribution in [0.1, 0.15) is 15.4 Å². The number of halogens is 1. The summed E-state index contributed by atoms with van der Waals surface area (Å²) >= 11 is 1.21. The van der Waals surface area contributed by atoms with Crippen LogP contribution >= 0.6 is 11.3 Å². The van der Waals surface area contributed by atoms with E-state index in [4.69, 9.17) is 9.84 Å². The minimum atomic E-state index is -1.08. The Morgan fingerprint density at radius 1 is 1.41 bits per heavy atom. The topological polar surface area (TPSA) is 59.4 Å². The SMILES string of the molecule is O=C(O)c1ncsc1COc1ccc(F)cc1. The van der Waals surface area contributed by atoms with Crippen molar-refractivity contribution in [3.05, 3.63) is 46.2 Å². The number of aromatic carboxylic acids is 1. The molecule has 17 heavy (non-hydrogen) atoms. The van der Waals surface area contributed by atoms with Crippen molar-refractivity contribution < 1.29 is 19.0 Å². The van der Waals surface area contributed by atoms with E-state index in [0.29, 0.717) is 10.6 Å². The molecular weight excluding hydrogens is 245 g/mol. The van der Waals surface area contributed by atoms with E-state index in [1.807, 2.05) is 0 Å². The highest BCUT2D eigenvalue weighted by Crippen LogP contribution is 2.18. The molecule has 2 rings (SSSR count). The van der Waals surface area contributed by atoms with Gasteiger partial charge in [0.05, 0.1) is 10.4 Å². The van der Waals surface area contributed by atoms with Crippen molar-refractivity contribution >= 4 is 17.3 Å². The summed E-state index contributed by atoms with van der Waals surface area (Å²) in [6, 6.07) is 5.52. The molecule has 0 fully saturated rings. The standard InChI is InChI=1S/C11H8FNO3S/c12-7-1-3-8(4-2-7)16-5-9-10(11(14)15)13-6-17-9/h1-4,6H,5H2,(H,14,15). The van der Waals surface area contributed by atoms with Gasteiger partial charge >= 0.3 is 5.97 Å². The highest BCUT2D eigenvalue weighted by Gasteiger charge is 2.13. The van der Waals surface area contributed by atoms with Crippen molar-refractivity contribution in [1.29, 1.82) is 0 Å². The van der Waals surface area contributed by atoms with Crippen LogP contribution in [0.2, 0.25) is 0 Å². The zero-order valence-electron chi connectivity index (χ0n) is 8.59.